The van der Waals surface area contributed by atoms with E-state index in [9.17, 15) is 0 Å². The van der Waals surface area contributed by atoms with Crippen LogP contribution in [0.1, 0.15) is 102 Å². The Morgan fingerprint density at radius 3 is 2.29 bits per heavy atom. The van der Waals surface area contributed by atoms with Gasteiger partial charge in [0.05, 0.1) is 38.6 Å². The Morgan fingerprint density at radius 2 is 1.57 bits per heavy atom. The molecular formula is C58H67N9O3+2. The molecule has 0 bridgehead atoms. The summed E-state index contributed by atoms with van der Waals surface area (Å²) in [5.41, 5.74) is 9.86. The lowest BCUT2D eigenvalue weighted by molar-refractivity contribution is -0.798. The minimum absolute atomic E-state index is 0.0177. The van der Waals surface area contributed by atoms with E-state index in [2.05, 4.69) is 176 Å². The van der Waals surface area contributed by atoms with E-state index in [-0.39, 0.29) is 17.6 Å². The van der Waals surface area contributed by atoms with Crippen molar-refractivity contribution >= 4 is 0 Å². The third-order valence-electron chi connectivity index (χ3n) is 13.8. The zero-order valence-corrected chi connectivity index (χ0v) is 41.8. The van der Waals surface area contributed by atoms with Crippen LogP contribution in [0.25, 0.3) is 33.8 Å². The van der Waals surface area contributed by atoms with Crippen LogP contribution in [0.4, 0.5) is 0 Å². The van der Waals surface area contributed by atoms with Crippen LogP contribution in [0.15, 0.2) is 85.3 Å². The minimum atomic E-state index is -0.0912. The van der Waals surface area contributed by atoms with Crippen LogP contribution in [-0.2, 0) is 33.8 Å². The number of aryl methyl sites for hydroxylation is 1. The van der Waals surface area contributed by atoms with E-state index < -0.39 is 0 Å². The van der Waals surface area contributed by atoms with Gasteiger partial charge in [-0.1, -0.05) is 66.7 Å². The predicted octanol–water partition coefficient (Wildman–Crippen LogP) is 8.36. The largest absolute Gasteiger partial charge is 0.381 e. The van der Waals surface area contributed by atoms with E-state index >= 15 is 0 Å². The van der Waals surface area contributed by atoms with Crippen LogP contribution in [0.2, 0.25) is 0 Å². The van der Waals surface area contributed by atoms with Gasteiger partial charge in [-0.25, -0.2) is 4.68 Å². The molecular weight excluding hydrogens is 871 g/mol. The Labute approximate surface area is 413 Å². The maximum absolute atomic E-state index is 6.69. The molecule has 12 heteroatoms. The molecule has 12 nitrogen and oxygen atoms in total. The molecule has 2 unspecified atom stereocenters. The van der Waals surface area contributed by atoms with Crippen molar-refractivity contribution in [3.8, 4) is 69.3 Å². The van der Waals surface area contributed by atoms with Gasteiger partial charge in [0.25, 0.3) is 0 Å². The fourth-order valence-corrected chi connectivity index (χ4v) is 9.74. The van der Waals surface area contributed by atoms with Gasteiger partial charge >= 0.3 is 0 Å². The predicted molar refractivity (Wildman–Crippen MR) is 268 cm³/mol. The molecule has 0 N–H and O–H groups in total. The lowest BCUT2D eigenvalue weighted by Gasteiger charge is -2.39. The highest BCUT2D eigenvalue weighted by Gasteiger charge is 2.39. The number of nitrogens with zero attached hydrogens (tertiary/aromatic N) is 9. The molecule has 360 valence electrons. The lowest BCUT2D eigenvalue weighted by Crippen LogP contribution is -2.52. The maximum Gasteiger partial charge on any atom is 0.233 e. The fourth-order valence-electron chi connectivity index (χ4n) is 9.74. The average molecular weight is 938 g/mol. The summed E-state index contributed by atoms with van der Waals surface area (Å²) in [6.07, 6.45) is 14.0. The first-order valence-corrected chi connectivity index (χ1v) is 25.6. The van der Waals surface area contributed by atoms with Crippen molar-refractivity contribution in [1.29, 1.82) is 0 Å². The van der Waals surface area contributed by atoms with Gasteiger partial charge in [-0.2, -0.15) is 4.68 Å². The minimum Gasteiger partial charge on any atom is -0.381 e. The number of rotatable bonds is 11. The smallest absolute Gasteiger partial charge is 0.233 e. The van der Waals surface area contributed by atoms with E-state index in [0.29, 0.717) is 49.3 Å². The molecule has 0 radical (unpaired) electrons. The molecule has 6 aromatic rings. The highest BCUT2D eigenvalue weighted by Crippen LogP contribution is 2.35. The summed E-state index contributed by atoms with van der Waals surface area (Å²) < 4.78 is 25.4. The van der Waals surface area contributed by atoms with Gasteiger partial charge in [0.15, 0.2) is 6.20 Å². The normalized spacial score (nSPS) is 21.4. The number of hydrogen-bond donors (Lipinski definition) is 0. The molecule has 3 saturated heterocycles. The fraction of sp³-hybridized carbons (Fsp3) is 0.483. The first kappa shape index (κ1) is 47.3. The molecule has 0 spiro atoms. The summed E-state index contributed by atoms with van der Waals surface area (Å²) >= 11 is 0. The van der Waals surface area contributed by atoms with Crippen molar-refractivity contribution in [3.05, 3.63) is 108 Å². The monoisotopic (exact) mass is 938 g/mol. The Balaban J connectivity index is 0.892. The van der Waals surface area contributed by atoms with E-state index in [1.807, 2.05) is 20.6 Å². The zero-order valence-electron chi connectivity index (χ0n) is 41.8. The molecule has 10 rings (SSSR count). The van der Waals surface area contributed by atoms with Gasteiger partial charge in [0.1, 0.15) is 34.7 Å². The maximum atomic E-state index is 6.69. The second kappa shape index (κ2) is 20.9. The quantitative estimate of drug-likeness (QED) is 0.0952. The first-order valence-electron chi connectivity index (χ1n) is 25.6. The number of hydrogen-bond acceptors (Lipinski definition) is 7. The summed E-state index contributed by atoms with van der Waals surface area (Å²) in [5.74, 6) is 22.0. The number of ether oxygens (including phenoxy) is 3. The molecule has 6 heterocycles. The number of benzene rings is 3. The highest BCUT2D eigenvalue weighted by atomic mass is 16.5. The molecule has 70 heavy (non-hydrogen) atoms. The average Bonchev–Trinajstić information content (AvgIpc) is 3.72. The van der Waals surface area contributed by atoms with Gasteiger partial charge in [-0.05, 0) is 145 Å². The van der Waals surface area contributed by atoms with Crippen LogP contribution in [0.3, 0.4) is 0 Å². The SMILES string of the molecule is Cc1cc(C#CC2CC2)ccc1-c1c[n+](C[C@H]2CCOC2)n(-n2n[n+](C[C@@H]3OCCCC3C3CC[C@H](Cn4cc(-c5ccc(C#CC(C)C)cc5)nn4)OC3)cc2-c2ccc(C#CC(C)(C)C)cc2)n1. The Kier molecular flexibility index (Phi) is 14.1. The molecule has 4 aliphatic rings. The molecule has 3 aliphatic heterocycles. The van der Waals surface area contributed by atoms with E-state index in [4.69, 9.17) is 24.5 Å². The Morgan fingerprint density at radius 1 is 0.786 bits per heavy atom. The van der Waals surface area contributed by atoms with Gasteiger partial charge < -0.3 is 14.2 Å². The van der Waals surface area contributed by atoms with Gasteiger partial charge in [-0.15, -0.1) is 9.78 Å². The van der Waals surface area contributed by atoms with Crippen molar-refractivity contribution in [2.24, 2.45) is 35.0 Å². The van der Waals surface area contributed by atoms with Crippen molar-refractivity contribution < 1.29 is 23.6 Å². The molecule has 5 atom stereocenters. The third kappa shape index (κ3) is 11.8. The van der Waals surface area contributed by atoms with Gasteiger partial charge in [0.2, 0.25) is 11.4 Å². The lowest BCUT2D eigenvalue weighted by atomic mass is 9.79. The van der Waals surface area contributed by atoms with Crippen LogP contribution >= 0.6 is 0 Å². The van der Waals surface area contributed by atoms with Crippen molar-refractivity contribution in [1.82, 2.24) is 35.0 Å². The molecule has 3 aromatic heterocycles. The second-order valence-corrected chi connectivity index (χ2v) is 21.2. The third-order valence-corrected chi connectivity index (χ3v) is 13.8. The van der Waals surface area contributed by atoms with Crippen LogP contribution in [0.5, 0.6) is 0 Å². The zero-order chi connectivity index (χ0) is 48.2. The standard InChI is InChI=1S/C58H67N9O3/c1-41(2)9-10-43-15-20-48(21-16-43)54-35-63(61-59-54)34-51-25-24-50(40-70-51)53-8-7-30-69-57(53)38-64-37-56(49-22-17-45(18-23-49)27-29-58(4,5)6)66(62-64)67-60-55(36-65(67)33-47-28-31-68-39-47)52-26-19-46(32-42(52)3)14-13-44-11-12-44/h15-23,26,32,35-37,41,44,47,50-51,53,57H,7-8,11-12,24-25,28,30-31,33-34,38-40H2,1-6H3/q+2/t47-,50?,51-,53?,57+/m1/s1. The van der Waals surface area contributed by atoms with Crippen LogP contribution < -0.4 is 9.36 Å². The summed E-state index contributed by atoms with van der Waals surface area (Å²) in [6, 6.07) is 23.2. The second-order valence-electron chi connectivity index (χ2n) is 21.2. The van der Waals surface area contributed by atoms with Crippen LogP contribution in [0, 0.1) is 77.5 Å². The highest BCUT2D eigenvalue weighted by molar-refractivity contribution is 5.64. The van der Waals surface area contributed by atoms with Crippen LogP contribution in [-0.4, -0.2) is 73.6 Å². The van der Waals surface area contributed by atoms with E-state index in [1.54, 1.807) is 0 Å². The van der Waals surface area contributed by atoms with Gasteiger partial charge in [0, 0.05) is 79.7 Å². The van der Waals surface area contributed by atoms with Crippen molar-refractivity contribution in [2.45, 2.75) is 118 Å². The Hall–Kier alpha value is -6.36. The Bertz CT molecular complexity index is 2960. The summed E-state index contributed by atoms with van der Waals surface area (Å²) in [7, 11) is 0. The summed E-state index contributed by atoms with van der Waals surface area (Å²) in [6.45, 7) is 17.7. The molecule has 1 saturated carbocycles. The summed E-state index contributed by atoms with van der Waals surface area (Å²) in [5, 5.41) is 19.7. The van der Waals surface area contributed by atoms with E-state index in [1.165, 1.54) is 12.8 Å². The van der Waals surface area contributed by atoms with Gasteiger partial charge in [-0.3, -0.25) is 0 Å². The van der Waals surface area contributed by atoms with Crippen molar-refractivity contribution in [2.75, 3.05) is 26.4 Å². The summed E-state index contributed by atoms with van der Waals surface area (Å²) in [4.78, 5) is 3.90. The molecule has 1 aliphatic carbocycles. The molecule has 3 aromatic carbocycles. The number of aromatic nitrogens is 9. The topological polar surface area (TPSA) is 102 Å². The first-order chi connectivity index (χ1) is 34.0. The molecule has 0 amide bonds. The van der Waals surface area contributed by atoms with E-state index in [0.717, 1.165) is 114 Å². The van der Waals surface area contributed by atoms with Crippen molar-refractivity contribution in [3.63, 3.8) is 0 Å². The molecule has 4 fully saturated rings.